The van der Waals surface area contributed by atoms with Gasteiger partial charge in [-0.25, -0.2) is 4.98 Å². The number of fused-ring (bicyclic) bond motifs is 3. The van der Waals surface area contributed by atoms with Crippen molar-refractivity contribution in [1.82, 2.24) is 14.5 Å². The predicted octanol–water partition coefficient (Wildman–Crippen LogP) is 4.01. The van der Waals surface area contributed by atoms with Crippen LogP contribution in [-0.2, 0) is 17.2 Å². The van der Waals surface area contributed by atoms with Gasteiger partial charge in [0, 0.05) is 22.9 Å². The molecule has 1 atom stereocenters. The highest BCUT2D eigenvalue weighted by molar-refractivity contribution is 7.85. The number of benzene rings is 2. The van der Waals surface area contributed by atoms with E-state index < -0.39 is 10.7 Å². The number of hydrogen-bond donors (Lipinski definition) is 1. The molecule has 1 unspecified atom stereocenters. The molecule has 1 N–H and O–H groups in total. The highest BCUT2D eigenvalue weighted by atomic mass is 32.2. The molecule has 2 aromatic carbocycles. The average Bonchev–Trinajstić information content (AvgIpc) is 3.04. The number of methoxy groups -OCH3 is 1. The molecule has 0 fully saturated rings. The lowest BCUT2D eigenvalue weighted by Gasteiger charge is -2.09. The number of imidazole rings is 1. The quantitative estimate of drug-likeness (QED) is 0.605. The zero-order valence-corrected chi connectivity index (χ0v) is 14.9. The van der Waals surface area contributed by atoms with Gasteiger partial charge in [0.25, 0.3) is 0 Å². The number of nitrogens with one attached hydrogen (secondary N) is 1. The van der Waals surface area contributed by atoms with Crippen LogP contribution in [0, 0.1) is 4.78 Å². The first kappa shape index (κ1) is 15.8. The first-order valence-electron chi connectivity index (χ1n) is 7.89. The fourth-order valence-corrected chi connectivity index (χ4v) is 3.62. The zero-order chi connectivity index (χ0) is 17.4. The fraction of sp³-hybridized carbons (Fsp3) is 0.158. The molecule has 0 radical (unpaired) electrons. The minimum Gasteiger partial charge on any atom is -0.497 e. The second-order valence-electron chi connectivity index (χ2n) is 5.91. The number of rotatable bonds is 4. The Balaban J connectivity index is 1.83. The van der Waals surface area contributed by atoms with Gasteiger partial charge in [0.05, 0.1) is 30.7 Å². The Hall–Kier alpha value is -2.73. The van der Waals surface area contributed by atoms with E-state index in [2.05, 4.69) is 26.7 Å². The number of hydrogen-bond acceptors (Lipinski definition) is 4. The number of ether oxygens (including phenoxy) is 1. The summed E-state index contributed by atoms with van der Waals surface area (Å²) in [6.07, 6.45) is 5.57. The third-order valence-electron chi connectivity index (χ3n) is 4.26. The molecule has 0 saturated carbocycles. The molecule has 2 aromatic heterocycles. The van der Waals surface area contributed by atoms with Crippen LogP contribution in [-0.4, -0.2) is 27.9 Å². The summed E-state index contributed by atoms with van der Waals surface area (Å²) in [6, 6.07) is 14.2. The third-order valence-corrected chi connectivity index (χ3v) is 5.22. The summed E-state index contributed by atoms with van der Waals surface area (Å²) in [7, 11) is 1.17. The van der Waals surface area contributed by atoms with Crippen molar-refractivity contribution >= 4 is 32.6 Å². The topological polar surface area (TPSA) is 63.8 Å². The van der Waals surface area contributed by atoms with Crippen LogP contribution in [0.3, 0.4) is 0 Å². The molecule has 0 spiro atoms. The second-order valence-corrected chi connectivity index (χ2v) is 7.40. The van der Waals surface area contributed by atoms with Gasteiger partial charge < -0.3 is 9.30 Å². The molecule has 0 amide bonds. The largest absolute Gasteiger partial charge is 0.497 e. The van der Waals surface area contributed by atoms with Gasteiger partial charge >= 0.3 is 0 Å². The van der Waals surface area contributed by atoms with E-state index in [0.717, 1.165) is 32.6 Å². The van der Waals surface area contributed by atoms with Crippen LogP contribution in [0.25, 0.3) is 21.9 Å². The van der Waals surface area contributed by atoms with E-state index in [-0.39, 0.29) is 0 Å². The molecule has 4 aromatic rings. The van der Waals surface area contributed by atoms with Crippen molar-refractivity contribution < 1.29 is 4.74 Å². The van der Waals surface area contributed by atoms with Crippen molar-refractivity contribution in [3.8, 4) is 5.75 Å². The molecule has 0 aliphatic rings. The van der Waals surface area contributed by atoms with Crippen LogP contribution in [0.15, 0.2) is 59.9 Å². The van der Waals surface area contributed by atoms with Crippen molar-refractivity contribution in [2.24, 2.45) is 0 Å². The molecular weight excluding hydrogens is 332 g/mol. The van der Waals surface area contributed by atoms with Crippen LogP contribution < -0.4 is 4.74 Å². The van der Waals surface area contributed by atoms with Gasteiger partial charge in [-0.1, -0.05) is 22.8 Å². The second kappa shape index (κ2) is 6.29. The first-order chi connectivity index (χ1) is 12.2. The average molecular weight is 350 g/mol. The van der Waals surface area contributed by atoms with Gasteiger partial charge in [0.2, 0.25) is 0 Å². The van der Waals surface area contributed by atoms with Crippen molar-refractivity contribution in [3.05, 3.63) is 60.6 Å². The van der Waals surface area contributed by atoms with Crippen molar-refractivity contribution in [2.45, 2.75) is 11.4 Å². The molecule has 25 heavy (non-hydrogen) atoms. The van der Waals surface area contributed by atoms with Crippen LogP contribution in [0.2, 0.25) is 0 Å². The summed E-state index contributed by atoms with van der Waals surface area (Å²) in [4.78, 5) is 10.0. The van der Waals surface area contributed by atoms with Crippen LogP contribution in [0.5, 0.6) is 5.75 Å². The Morgan fingerprint density at radius 1 is 1.12 bits per heavy atom. The highest BCUT2D eigenvalue weighted by Crippen LogP contribution is 2.26. The summed E-state index contributed by atoms with van der Waals surface area (Å²) in [5, 5.41) is 1.06. The molecule has 0 aliphatic carbocycles. The van der Waals surface area contributed by atoms with E-state index in [9.17, 15) is 0 Å². The van der Waals surface area contributed by atoms with Crippen LogP contribution >= 0.6 is 0 Å². The van der Waals surface area contributed by atoms with Crippen LogP contribution in [0.4, 0.5) is 0 Å². The van der Waals surface area contributed by atoms with E-state index in [1.54, 1.807) is 13.3 Å². The van der Waals surface area contributed by atoms with Gasteiger partial charge in [-0.05, 0) is 36.1 Å². The van der Waals surface area contributed by atoms with Gasteiger partial charge in [0.1, 0.15) is 11.3 Å². The lowest BCUT2D eigenvalue weighted by molar-refractivity contribution is 0.415. The van der Waals surface area contributed by atoms with Crippen molar-refractivity contribution in [2.75, 3.05) is 13.4 Å². The lowest BCUT2D eigenvalue weighted by Crippen LogP contribution is -2.00. The maximum atomic E-state index is 7.93. The summed E-state index contributed by atoms with van der Waals surface area (Å²) in [5.74, 6) is 0.795. The first-order valence-corrected chi connectivity index (χ1v) is 9.53. The summed E-state index contributed by atoms with van der Waals surface area (Å²) in [6.45, 7) is 0.715. The lowest BCUT2D eigenvalue weighted by atomic mass is 10.1. The molecule has 5 nitrogen and oxygen atoms in total. The maximum Gasteiger partial charge on any atom is 0.121 e. The standard InChI is InChI=1S/C19H18N4OS/c1-24-14-6-7-16-17(9-14)21-10-18-19(16)23(12-22-18)11-13-4-3-5-15(8-13)25(2)20/h3-10,12,20H,11H2,1-2H3. The smallest absolute Gasteiger partial charge is 0.121 e. The molecule has 126 valence electrons. The van der Waals surface area contributed by atoms with Gasteiger partial charge in [-0.3, -0.25) is 9.76 Å². The van der Waals surface area contributed by atoms with E-state index in [1.165, 1.54) is 5.56 Å². The Morgan fingerprint density at radius 3 is 2.80 bits per heavy atom. The molecule has 0 aliphatic heterocycles. The Labute approximate surface area is 148 Å². The Morgan fingerprint density at radius 2 is 2.00 bits per heavy atom. The molecule has 4 rings (SSSR count). The minimum absolute atomic E-state index is 0.490. The molecule has 2 heterocycles. The van der Waals surface area contributed by atoms with Crippen LogP contribution in [0.1, 0.15) is 5.56 Å². The molecule has 6 heteroatoms. The summed E-state index contributed by atoms with van der Waals surface area (Å²) in [5.41, 5.74) is 4.01. The molecular formula is C19H18N4OS. The summed E-state index contributed by atoms with van der Waals surface area (Å²) >= 11 is 0. The van der Waals surface area contributed by atoms with E-state index in [4.69, 9.17) is 9.52 Å². The number of pyridine rings is 1. The SMILES string of the molecule is COc1ccc2c(c1)ncc1ncn(Cc3cccc(S(C)=N)c3)c12. The minimum atomic E-state index is -0.490. The number of aromatic nitrogens is 3. The third kappa shape index (κ3) is 2.89. The van der Waals surface area contributed by atoms with Crippen molar-refractivity contribution in [1.29, 1.82) is 4.78 Å². The zero-order valence-electron chi connectivity index (χ0n) is 14.1. The van der Waals surface area contributed by atoms with Gasteiger partial charge in [-0.2, -0.15) is 0 Å². The summed E-state index contributed by atoms with van der Waals surface area (Å²) < 4.78 is 15.4. The predicted molar refractivity (Wildman–Crippen MR) is 101 cm³/mol. The van der Waals surface area contributed by atoms with E-state index in [0.29, 0.717) is 6.54 Å². The highest BCUT2D eigenvalue weighted by Gasteiger charge is 2.10. The molecule has 0 bridgehead atoms. The normalized spacial score (nSPS) is 12.6. The molecule has 0 saturated heterocycles. The fourth-order valence-electron chi connectivity index (χ4n) is 3.01. The van der Waals surface area contributed by atoms with Gasteiger partial charge in [0.15, 0.2) is 0 Å². The van der Waals surface area contributed by atoms with E-state index >= 15 is 0 Å². The Kier molecular flexibility index (Phi) is 3.97. The Bertz CT molecular complexity index is 1100. The van der Waals surface area contributed by atoms with Gasteiger partial charge in [-0.15, -0.1) is 0 Å². The van der Waals surface area contributed by atoms with E-state index in [1.807, 2.05) is 42.9 Å². The maximum absolute atomic E-state index is 7.93. The monoisotopic (exact) mass is 350 g/mol. The number of nitrogens with zero attached hydrogens (tertiary/aromatic N) is 3. The van der Waals surface area contributed by atoms with Crippen molar-refractivity contribution in [3.63, 3.8) is 0 Å².